The number of nitrogens with one attached hydrogen (secondary N) is 1. The monoisotopic (exact) mass is 272 g/mol. The van der Waals surface area contributed by atoms with Crippen molar-refractivity contribution in [2.75, 3.05) is 5.32 Å². The summed E-state index contributed by atoms with van der Waals surface area (Å²) in [5.41, 5.74) is 5.23. The molecular formula is C11H11F3N4O. The lowest BCUT2D eigenvalue weighted by Crippen LogP contribution is -2.04. The molecule has 2 rings (SSSR count). The quantitative estimate of drug-likeness (QED) is 0.898. The van der Waals surface area contributed by atoms with Gasteiger partial charge in [0, 0.05) is 5.69 Å². The summed E-state index contributed by atoms with van der Waals surface area (Å²) in [4.78, 5) is 0. The Labute approximate surface area is 106 Å². The molecule has 1 unspecified atom stereocenters. The molecule has 1 aromatic carbocycles. The Bertz CT molecular complexity index is 548. The second-order valence-corrected chi connectivity index (χ2v) is 3.93. The van der Waals surface area contributed by atoms with Gasteiger partial charge < -0.3 is 15.5 Å². The van der Waals surface area contributed by atoms with Gasteiger partial charge in [0.1, 0.15) is 0 Å². The van der Waals surface area contributed by atoms with Crippen LogP contribution in [0.15, 0.2) is 28.7 Å². The molecule has 0 saturated heterocycles. The van der Waals surface area contributed by atoms with E-state index in [2.05, 4.69) is 15.5 Å². The number of nitrogens with zero attached hydrogens (tertiary/aromatic N) is 2. The molecule has 1 heterocycles. The van der Waals surface area contributed by atoms with Crippen LogP contribution in [0.25, 0.3) is 0 Å². The van der Waals surface area contributed by atoms with E-state index in [1.807, 2.05) is 0 Å². The fourth-order valence-electron chi connectivity index (χ4n) is 1.34. The van der Waals surface area contributed by atoms with Crippen molar-refractivity contribution in [2.24, 2.45) is 5.73 Å². The van der Waals surface area contributed by atoms with Crippen LogP contribution in [-0.4, -0.2) is 10.2 Å². The second kappa shape index (κ2) is 4.88. The summed E-state index contributed by atoms with van der Waals surface area (Å²) < 4.78 is 42.3. The molecule has 102 valence electrons. The minimum absolute atomic E-state index is 0.0760. The minimum Gasteiger partial charge on any atom is -0.406 e. The third-order valence-corrected chi connectivity index (χ3v) is 2.29. The van der Waals surface area contributed by atoms with Gasteiger partial charge in [-0.15, -0.1) is 5.10 Å². The third-order valence-electron chi connectivity index (χ3n) is 2.29. The zero-order valence-corrected chi connectivity index (χ0v) is 9.90. The van der Waals surface area contributed by atoms with Crippen molar-refractivity contribution < 1.29 is 17.6 Å². The average molecular weight is 272 g/mol. The normalized spacial score (nSPS) is 13.3. The Morgan fingerprint density at radius 3 is 2.32 bits per heavy atom. The number of halogens is 3. The highest BCUT2D eigenvalue weighted by Crippen LogP contribution is 2.30. The van der Waals surface area contributed by atoms with Crippen LogP contribution >= 0.6 is 0 Å². The van der Waals surface area contributed by atoms with Crippen molar-refractivity contribution in [3.05, 3.63) is 35.7 Å². The number of anilines is 2. The Balaban J connectivity index is 2.11. The molecule has 19 heavy (non-hydrogen) atoms. The molecule has 5 nitrogen and oxygen atoms in total. The van der Waals surface area contributed by atoms with Crippen LogP contribution < -0.4 is 11.1 Å². The van der Waals surface area contributed by atoms with Gasteiger partial charge in [-0.1, -0.05) is 5.10 Å². The second-order valence-electron chi connectivity index (χ2n) is 3.93. The number of alkyl halides is 3. The van der Waals surface area contributed by atoms with Crippen molar-refractivity contribution in [3.8, 4) is 0 Å². The zero-order chi connectivity index (χ0) is 14.0. The smallest absolute Gasteiger partial charge is 0.406 e. The highest BCUT2D eigenvalue weighted by atomic mass is 19.4. The van der Waals surface area contributed by atoms with Crippen LogP contribution in [0.5, 0.6) is 0 Å². The van der Waals surface area contributed by atoms with Gasteiger partial charge in [-0.3, -0.25) is 0 Å². The summed E-state index contributed by atoms with van der Waals surface area (Å²) in [6.45, 7) is 1.68. The maximum absolute atomic E-state index is 12.4. The van der Waals surface area contributed by atoms with E-state index in [9.17, 15) is 13.2 Å². The van der Waals surface area contributed by atoms with Crippen molar-refractivity contribution in [1.82, 2.24) is 10.2 Å². The van der Waals surface area contributed by atoms with Crippen LogP contribution in [0.4, 0.5) is 24.9 Å². The van der Waals surface area contributed by atoms with Crippen molar-refractivity contribution >= 4 is 11.7 Å². The molecule has 0 spiro atoms. The van der Waals surface area contributed by atoms with Gasteiger partial charge in [0.05, 0.1) is 11.6 Å². The topological polar surface area (TPSA) is 77.0 Å². The van der Waals surface area contributed by atoms with Crippen molar-refractivity contribution in [2.45, 2.75) is 19.1 Å². The highest BCUT2D eigenvalue weighted by Gasteiger charge is 2.29. The molecule has 0 aliphatic rings. The Hall–Kier alpha value is -2.09. The fraction of sp³-hybridized carbons (Fsp3) is 0.273. The molecular weight excluding hydrogens is 261 g/mol. The van der Waals surface area contributed by atoms with Gasteiger partial charge in [0.15, 0.2) is 0 Å². The van der Waals surface area contributed by atoms with E-state index in [-0.39, 0.29) is 11.9 Å². The van der Waals surface area contributed by atoms with Gasteiger partial charge in [0.25, 0.3) is 0 Å². The molecule has 0 saturated carbocycles. The van der Waals surface area contributed by atoms with Gasteiger partial charge in [0.2, 0.25) is 5.89 Å². The predicted molar refractivity (Wildman–Crippen MR) is 61.6 cm³/mol. The van der Waals surface area contributed by atoms with Crippen LogP contribution in [-0.2, 0) is 6.18 Å². The molecule has 3 N–H and O–H groups in total. The number of rotatable bonds is 3. The molecule has 0 radical (unpaired) electrons. The molecule has 1 atom stereocenters. The first-order valence-electron chi connectivity index (χ1n) is 5.39. The Kier molecular flexibility index (Phi) is 3.43. The van der Waals surface area contributed by atoms with E-state index < -0.39 is 17.8 Å². The molecule has 1 aromatic heterocycles. The SMILES string of the molecule is CC(N)c1nnc(Nc2ccc(C(F)(F)F)cc2)o1. The molecule has 0 amide bonds. The highest BCUT2D eigenvalue weighted by molar-refractivity contribution is 5.52. The van der Waals surface area contributed by atoms with E-state index in [1.165, 1.54) is 12.1 Å². The first-order chi connectivity index (χ1) is 8.86. The molecule has 0 fully saturated rings. The summed E-state index contributed by atoms with van der Waals surface area (Å²) >= 11 is 0. The summed E-state index contributed by atoms with van der Waals surface area (Å²) in [6, 6.07) is 4.15. The Morgan fingerprint density at radius 2 is 1.84 bits per heavy atom. The molecule has 2 aromatic rings. The van der Waals surface area contributed by atoms with E-state index in [0.29, 0.717) is 5.69 Å². The van der Waals surface area contributed by atoms with Gasteiger partial charge in [-0.2, -0.15) is 13.2 Å². The standard InChI is InChI=1S/C11H11F3N4O/c1-6(15)9-17-18-10(19-9)16-8-4-2-7(3-5-8)11(12,13)14/h2-6H,15H2,1H3,(H,16,18). The predicted octanol–water partition coefficient (Wildman–Crippen LogP) is 2.85. The summed E-state index contributed by atoms with van der Waals surface area (Å²) in [5.74, 6) is 0.245. The number of benzene rings is 1. The number of nitrogens with two attached hydrogens (primary N) is 1. The molecule has 0 bridgehead atoms. The lowest BCUT2D eigenvalue weighted by molar-refractivity contribution is -0.137. The first kappa shape index (κ1) is 13.3. The Morgan fingerprint density at radius 1 is 1.21 bits per heavy atom. The van der Waals surface area contributed by atoms with Crippen LogP contribution in [0.2, 0.25) is 0 Å². The summed E-state index contributed by atoms with van der Waals surface area (Å²) in [6.07, 6.45) is -4.36. The van der Waals surface area contributed by atoms with E-state index in [0.717, 1.165) is 12.1 Å². The van der Waals surface area contributed by atoms with E-state index in [1.54, 1.807) is 6.92 Å². The summed E-state index contributed by atoms with van der Waals surface area (Å²) in [7, 11) is 0. The van der Waals surface area contributed by atoms with Crippen LogP contribution in [0.3, 0.4) is 0 Å². The lowest BCUT2D eigenvalue weighted by Gasteiger charge is -2.07. The molecule has 0 aliphatic carbocycles. The fourth-order valence-corrected chi connectivity index (χ4v) is 1.34. The number of aromatic nitrogens is 2. The van der Waals surface area contributed by atoms with Crippen LogP contribution in [0.1, 0.15) is 24.4 Å². The van der Waals surface area contributed by atoms with Crippen molar-refractivity contribution in [1.29, 1.82) is 0 Å². The maximum atomic E-state index is 12.4. The van der Waals surface area contributed by atoms with Gasteiger partial charge in [-0.25, -0.2) is 0 Å². The average Bonchev–Trinajstić information content (AvgIpc) is 2.77. The maximum Gasteiger partial charge on any atom is 0.416 e. The largest absolute Gasteiger partial charge is 0.416 e. The third kappa shape index (κ3) is 3.22. The molecule has 0 aliphatic heterocycles. The van der Waals surface area contributed by atoms with Crippen LogP contribution in [0, 0.1) is 0 Å². The van der Waals surface area contributed by atoms with Gasteiger partial charge >= 0.3 is 12.2 Å². The zero-order valence-electron chi connectivity index (χ0n) is 9.90. The minimum atomic E-state index is -4.36. The van der Waals surface area contributed by atoms with E-state index >= 15 is 0 Å². The number of hydrogen-bond donors (Lipinski definition) is 2. The summed E-state index contributed by atoms with van der Waals surface area (Å²) in [5, 5.41) is 10.1. The van der Waals surface area contributed by atoms with E-state index in [4.69, 9.17) is 10.2 Å². The number of hydrogen-bond acceptors (Lipinski definition) is 5. The van der Waals surface area contributed by atoms with Crippen molar-refractivity contribution in [3.63, 3.8) is 0 Å². The lowest BCUT2D eigenvalue weighted by atomic mass is 10.2. The first-order valence-corrected chi connectivity index (χ1v) is 5.39. The van der Waals surface area contributed by atoms with Gasteiger partial charge in [-0.05, 0) is 31.2 Å². The molecule has 8 heteroatoms.